The van der Waals surface area contributed by atoms with Crippen LogP contribution in [0.25, 0.3) is 11.5 Å². The lowest BCUT2D eigenvalue weighted by Gasteiger charge is -2.17. The molecule has 102 valence electrons. The van der Waals surface area contributed by atoms with Crippen LogP contribution in [-0.2, 0) is 10.3 Å². The second-order valence-electron chi connectivity index (χ2n) is 5.13. The monoisotopic (exact) mass is 279 g/mol. The van der Waals surface area contributed by atoms with Crippen LogP contribution < -0.4 is 5.73 Å². The molecule has 2 aromatic heterocycles. The molecular weight excluding hydrogens is 262 g/mol. The molecule has 0 radical (unpaired) electrons. The molecule has 3 heterocycles. The lowest BCUT2D eigenvalue weighted by atomic mass is 10.0. The number of thiophene rings is 1. The average molecular weight is 279 g/mol. The van der Waals surface area contributed by atoms with Gasteiger partial charge in [-0.3, -0.25) is 0 Å². The van der Waals surface area contributed by atoms with Crippen LogP contribution in [0.1, 0.15) is 36.0 Å². The van der Waals surface area contributed by atoms with E-state index in [4.69, 9.17) is 15.0 Å². The number of anilines is 1. The molecule has 1 saturated heterocycles. The number of aromatic nitrogens is 2. The third-order valence-electron chi connectivity index (χ3n) is 3.74. The third-order valence-corrected chi connectivity index (χ3v) is 4.78. The summed E-state index contributed by atoms with van der Waals surface area (Å²) in [7, 11) is 0. The number of nitrogens with zero attached hydrogens (tertiary/aromatic N) is 2. The van der Waals surface area contributed by atoms with Gasteiger partial charge in [0.15, 0.2) is 0 Å². The van der Waals surface area contributed by atoms with Crippen molar-refractivity contribution in [3.63, 3.8) is 0 Å². The molecule has 0 bridgehead atoms. The van der Waals surface area contributed by atoms with Crippen molar-refractivity contribution in [1.29, 1.82) is 0 Å². The summed E-state index contributed by atoms with van der Waals surface area (Å²) in [6.07, 6.45) is 1.95. The van der Waals surface area contributed by atoms with E-state index in [0.29, 0.717) is 11.7 Å². The van der Waals surface area contributed by atoms with E-state index in [2.05, 4.69) is 10.1 Å². The van der Waals surface area contributed by atoms with E-state index in [9.17, 15) is 0 Å². The fraction of sp³-hybridized carbons (Fsp3) is 0.538. The fourth-order valence-corrected chi connectivity index (χ4v) is 3.34. The van der Waals surface area contributed by atoms with Crippen LogP contribution in [-0.4, -0.2) is 16.7 Å². The van der Waals surface area contributed by atoms with Gasteiger partial charge in [0.2, 0.25) is 5.82 Å². The van der Waals surface area contributed by atoms with Gasteiger partial charge in [-0.15, -0.1) is 11.3 Å². The molecule has 1 unspecified atom stereocenters. The summed E-state index contributed by atoms with van der Waals surface area (Å²) >= 11 is 1.55. The Labute approximate surface area is 115 Å². The normalized spacial score (nSPS) is 23.1. The largest absolute Gasteiger partial charge is 0.390 e. The number of nitrogen functional groups attached to an aromatic ring is 1. The summed E-state index contributed by atoms with van der Waals surface area (Å²) in [5.74, 6) is 1.11. The number of aryl methyl sites for hydroxylation is 1. The topological polar surface area (TPSA) is 74.2 Å². The molecule has 3 rings (SSSR count). The Morgan fingerprint density at radius 2 is 2.16 bits per heavy atom. The average Bonchev–Trinajstić information content (AvgIpc) is 3.03. The van der Waals surface area contributed by atoms with Crippen LogP contribution >= 0.6 is 11.3 Å². The Kier molecular flexibility index (Phi) is 2.87. The molecule has 1 atom stereocenters. The van der Waals surface area contributed by atoms with E-state index in [0.717, 1.165) is 35.6 Å². The summed E-state index contributed by atoms with van der Waals surface area (Å²) in [6, 6.07) is 0. The van der Waals surface area contributed by atoms with Gasteiger partial charge in [-0.05, 0) is 39.2 Å². The highest BCUT2D eigenvalue weighted by molar-refractivity contribution is 7.16. The first-order valence-corrected chi connectivity index (χ1v) is 7.17. The van der Waals surface area contributed by atoms with E-state index in [1.54, 1.807) is 11.3 Å². The molecule has 0 spiro atoms. The van der Waals surface area contributed by atoms with Crippen molar-refractivity contribution >= 4 is 16.3 Å². The van der Waals surface area contributed by atoms with Gasteiger partial charge >= 0.3 is 0 Å². The van der Waals surface area contributed by atoms with Gasteiger partial charge in [-0.25, -0.2) is 0 Å². The first-order chi connectivity index (χ1) is 9.01. The predicted molar refractivity (Wildman–Crippen MR) is 74.0 cm³/mol. The Hall–Kier alpha value is -1.40. The first kappa shape index (κ1) is 12.6. The smallest absolute Gasteiger partial charge is 0.261 e. The Balaban J connectivity index is 2.01. The predicted octanol–water partition coefficient (Wildman–Crippen LogP) is 3.02. The van der Waals surface area contributed by atoms with Crippen molar-refractivity contribution in [3.8, 4) is 11.5 Å². The van der Waals surface area contributed by atoms with E-state index < -0.39 is 5.60 Å². The van der Waals surface area contributed by atoms with Crippen molar-refractivity contribution in [3.05, 3.63) is 16.3 Å². The summed E-state index contributed by atoms with van der Waals surface area (Å²) in [5, 5.41) is 4.80. The zero-order valence-electron chi connectivity index (χ0n) is 11.3. The van der Waals surface area contributed by atoms with E-state index in [-0.39, 0.29) is 0 Å². The number of rotatable bonds is 2. The lowest BCUT2D eigenvalue weighted by molar-refractivity contribution is 0.00768. The highest BCUT2D eigenvalue weighted by Crippen LogP contribution is 2.39. The Morgan fingerprint density at radius 1 is 1.37 bits per heavy atom. The van der Waals surface area contributed by atoms with Gasteiger partial charge in [0.05, 0.1) is 10.6 Å². The molecular formula is C13H17N3O2S. The first-order valence-electron chi connectivity index (χ1n) is 6.35. The minimum absolute atomic E-state index is 0.421. The lowest BCUT2D eigenvalue weighted by Crippen LogP contribution is -2.21. The van der Waals surface area contributed by atoms with Crippen LogP contribution in [0.2, 0.25) is 0 Å². The molecule has 2 N–H and O–H groups in total. The van der Waals surface area contributed by atoms with E-state index in [1.165, 1.54) is 4.88 Å². The number of hydrogen-bond acceptors (Lipinski definition) is 6. The number of nitrogens with two attached hydrogens (primary N) is 1. The van der Waals surface area contributed by atoms with E-state index in [1.807, 2.05) is 20.8 Å². The Bertz CT molecular complexity index is 611. The standard InChI is InChI=1S/C13H17N3O2S/c1-7-8(2)19-10(14)9(7)11-15-12(16-18-11)13(3)5-4-6-17-13/h4-6,14H2,1-3H3. The maximum Gasteiger partial charge on any atom is 0.261 e. The van der Waals surface area contributed by atoms with Crippen LogP contribution in [0.3, 0.4) is 0 Å². The van der Waals surface area contributed by atoms with Gasteiger partial charge in [-0.2, -0.15) is 4.98 Å². The number of hydrogen-bond donors (Lipinski definition) is 1. The van der Waals surface area contributed by atoms with Gasteiger partial charge in [0.1, 0.15) is 5.60 Å². The molecule has 1 aliphatic rings. The molecule has 0 saturated carbocycles. The van der Waals surface area contributed by atoms with Crippen molar-refractivity contribution in [2.45, 2.75) is 39.2 Å². The molecule has 1 fully saturated rings. The fourth-order valence-electron chi connectivity index (χ4n) is 2.41. The van der Waals surface area contributed by atoms with Crippen molar-refractivity contribution in [2.75, 3.05) is 12.3 Å². The quantitative estimate of drug-likeness (QED) is 0.914. The van der Waals surface area contributed by atoms with Gasteiger partial charge < -0.3 is 15.0 Å². The third kappa shape index (κ3) is 1.95. The van der Waals surface area contributed by atoms with Crippen LogP contribution in [0.4, 0.5) is 5.00 Å². The molecule has 0 aromatic carbocycles. The van der Waals surface area contributed by atoms with Crippen LogP contribution in [0, 0.1) is 13.8 Å². The maximum atomic E-state index is 6.03. The van der Waals surface area contributed by atoms with Gasteiger partial charge in [0.25, 0.3) is 5.89 Å². The van der Waals surface area contributed by atoms with Gasteiger partial charge in [0, 0.05) is 11.5 Å². The number of ether oxygens (including phenoxy) is 1. The molecule has 1 aliphatic heterocycles. The Morgan fingerprint density at radius 3 is 2.74 bits per heavy atom. The zero-order chi connectivity index (χ0) is 13.6. The van der Waals surface area contributed by atoms with Crippen LogP contribution in [0.15, 0.2) is 4.52 Å². The summed E-state index contributed by atoms with van der Waals surface area (Å²) in [5.41, 5.74) is 7.58. The minimum atomic E-state index is -0.421. The molecule has 5 nitrogen and oxygen atoms in total. The second kappa shape index (κ2) is 4.31. The second-order valence-corrected chi connectivity index (χ2v) is 6.38. The van der Waals surface area contributed by atoms with Gasteiger partial charge in [-0.1, -0.05) is 5.16 Å². The maximum absolute atomic E-state index is 6.03. The van der Waals surface area contributed by atoms with E-state index >= 15 is 0 Å². The molecule has 2 aromatic rings. The molecule has 19 heavy (non-hydrogen) atoms. The highest BCUT2D eigenvalue weighted by Gasteiger charge is 2.37. The van der Waals surface area contributed by atoms with Crippen molar-refractivity contribution in [2.24, 2.45) is 0 Å². The minimum Gasteiger partial charge on any atom is -0.390 e. The zero-order valence-corrected chi connectivity index (χ0v) is 12.1. The highest BCUT2D eigenvalue weighted by atomic mass is 32.1. The van der Waals surface area contributed by atoms with Crippen LogP contribution in [0.5, 0.6) is 0 Å². The molecule has 0 amide bonds. The summed E-state index contributed by atoms with van der Waals surface area (Å²) < 4.78 is 11.1. The van der Waals surface area contributed by atoms with Crippen molar-refractivity contribution in [1.82, 2.24) is 10.1 Å². The molecule has 6 heteroatoms. The SMILES string of the molecule is Cc1sc(N)c(-c2nc(C3(C)CCCO3)no2)c1C. The van der Waals surface area contributed by atoms with Crippen molar-refractivity contribution < 1.29 is 9.26 Å². The summed E-state index contributed by atoms with van der Waals surface area (Å²) in [4.78, 5) is 5.67. The summed E-state index contributed by atoms with van der Waals surface area (Å²) in [6.45, 7) is 6.82. The molecule has 0 aliphatic carbocycles.